The van der Waals surface area contributed by atoms with E-state index in [9.17, 15) is 4.79 Å². The second-order valence-electron chi connectivity index (χ2n) is 6.06. The molecule has 88 valence electrons. The van der Waals surface area contributed by atoms with Crippen molar-refractivity contribution < 1.29 is 4.79 Å². The van der Waals surface area contributed by atoms with Crippen LogP contribution in [-0.4, -0.2) is 17.4 Å². The highest BCUT2D eigenvalue weighted by Gasteiger charge is 2.62. The summed E-state index contributed by atoms with van der Waals surface area (Å²) in [6, 6.07) is 1.93. The first-order chi connectivity index (χ1) is 7.05. The lowest BCUT2D eigenvalue weighted by molar-refractivity contribution is -0.156. The molecule has 0 aromatic heterocycles. The average Bonchev–Trinajstić information content (AvgIpc) is 2.16. The summed E-state index contributed by atoms with van der Waals surface area (Å²) in [6.45, 7) is 10.9. The molecule has 0 aromatic carbocycles. The first-order valence-electron chi connectivity index (χ1n) is 5.44. The lowest BCUT2D eigenvalue weighted by atomic mass is 9.51. The van der Waals surface area contributed by atoms with E-state index >= 15 is 0 Å². The van der Waals surface area contributed by atoms with E-state index in [2.05, 4.69) is 16.3 Å². The van der Waals surface area contributed by atoms with E-state index in [0.29, 0.717) is 0 Å². The monoisotopic (exact) mass is 221 g/mol. The largest absolute Gasteiger partial charge is 0.298 e. The van der Waals surface area contributed by atoms with Crippen molar-refractivity contribution in [3.05, 3.63) is 0 Å². The van der Waals surface area contributed by atoms with Crippen molar-refractivity contribution in [1.82, 2.24) is 0 Å². The molecular weight excluding hydrogens is 202 g/mol. The zero-order chi connectivity index (χ0) is 12.8. The normalized spacial score (nSPS) is 24.2. The number of carbonyl (C=O) groups is 1. The third-order valence-corrected chi connectivity index (χ3v) is 3.23. The SMILES string of the molecule is CC(C)(C#N)N=NC1C(C)(C)C(=O)C1(C)C. The van der Waals surface area contributed by atoms with Gasteiger partial charge in [0, 0.05) is 10.8 Å². The topological polar surface area (TPSA) is 65.6 Å². The summed E-state index contributed by atoms with van der Waals surface area (Å²) in [5.41, 5.74) is -1.73. The molecule has 1 rings (SSSR count). The van der Waals surface area contributed by atoms with Crippen LogP contribution in [0, 0.1) is 22.2 Å². The Morgan fingerprint density at radius 2 is 1.69 bits per heavy atom. The van der Waals surface area contributed by atoms with Gasteiger partial charge >= 0.3 is 0 Å². The van der Waals surface area contributed by atoms with Gasteiger partial charge in [0.2, 0.25) is 0 Å². The van der Waals surface area contributed by atoms with Crippen LogP contribution in [0.15, 0.2) is 10.2 Å². The molecule has 1 aliphatic carbocycles. The lowest BCUT2D eigenvalue weighted by Gasteiger charge is -2.52. The Balaban J connectivity index is 2.92. The molecule has 4 nitrogen and oxygen atoms in total. The highest BCUT2D eigenvalue weighted by atomic mass is 16.1. The van der Waals surface area contributed by atoms with Gasteiger partial charge in [-0.2, -0.15) is 15.5 Å². The summed E-state index contributed by atoms with van der Waals surface area (Å²) in [7, 11) is 0. The maximum absolute atomic E-state index is 11.8. The van der Waals surface area contributed by atoms with E-state index in [1.807, 2.05) is 27.7 Å². The number of carbonyl (C=O) groups excluding carboxylic acids is 1. The third kappa shape index (κ3) is 1.75. The molecule has 1 saturated carbocycles. The minimum absolute atomic E-state index is 0.139. The van der Waals surface area contributed by atoms with Gasteiger partial charge in [0.15, 0.2) is 5.54 Å². The molecule has 0 unspecified atom stereocenters. The molecule has 0 radical (unpaired) electrons. The predicted octanol–water partition coefficient (Wildman–Crippen LogP) is 2.74. The van der Waals surface area contributed by atoms with Crippen molar-refractivity contribution in [3.8, 4) is 6.07 Å². The number of azo groups is 1. The number of ketones is 1. The zero-order valence-corrected chi connectivity index (χ0v) is 10.8. The van der Waals surface area contributed by atoms with Crippen LogP contribution in [0.1, 0.15) is 41.5 Å². The number of hydrogen-bond donors (Lipinski definition) is 0. The van der Waals surface area contributed by atoms with Crippen LogP contribution < -0.4 is 0 Å². The molecule has 16 heavy (non-hydrogen) atoms. The van der Waals surface area contributed by atoms with E-state index in [4.69, 9.17) is 5.26 Å². The summed E-state index contributed by atoms with van der Waals surface area (Å²) in [6.07, 6.45) is 0. The highest BCUT2D eigenvalue weighted by molar-refractivity contribution is 5.97. The van der Waals surface area contributed by atoms with Crippen LogP contribution >= 0.6 is 0 Å². The molecule has 1 aliphatic rings. The van der Waals surface area contributed by atoms with Gasteiger partial charge in [0.05, 0.1) is 12.1 Å². The number of rotatable bonds is 2. The molecule has 0 saturated heterocycles. The van der Waals surface area contributed by atoms with Crippen molar-refractivity contribution >= 4 is 5.78 Å². The van der Waals surface area contributed by atoms with Crippen LogP contribution in [0.2, 0.25) is 0 Å². The molecule has 0 aromatic rings. The van der Waals surface area contributed by atoms with Crippen molar-refractivity contribution in [2.45, 2.75) is 53.1 Å². The molecule has 0 atom stereocenters. The van der Waals surface area contributed by atoms with Gasteiger partial charge in [-0.25, -0.2) is 0 Å². The maximum atomic E-state index is 11.8. The number of hydrogen-bond acceptors (Lipinski definition) is 4. The number of nitrogens with zero attached hydrogens (tertiary/aromatic N) is 3. The fourth-order valence-corrected chi connectivity index (χ4v) is 2.42. The standard InChI is InChI=1S/C12H19N3O/c1-10(2,7-13)15-14-8-11(3,4)9(16)12(8,5)6/h8H,1-6H3. The van der Waals surface area contributed by atoms with Gasteiger partial charge in [0.25, 0.3) is 0 Å². The summed E-state index contributed by atoms with van der Waals surface area (Å²) in [5, 5.41) is 17.1. The predicted molar refractivity (Wildman–Crippen MR) is 60.9 cm³/mol. The Labute approximate surface area is 96.7 Å². The summed E-state index contributed by atoms with van der Waals surface area (Å²) in [4.78, 5) is 11.8. The zero-order valence-electron chi connectivity index (χ0n) is 10.8. The van der Waals surface area contributed by atoms with E-state index < -0.39 is 16.4 Å². The van der Waals surface area contributed by atoms with Crippen LogP contribution in [0.25, 0.3) is 0 Å². The molecule has 0 spiro atoms. The van der Waals surface area contributed by atoms with E-state index in [-0.39, 0.29) is 11.8 Å². The maximum Gasteiger partial charge on any atom is 0.161 e. The number of Topliss-reactive ketones (excluding diaryl/α,β-unsaturated/α-hetero) is 1. The molecule has 0 heterocycles. The van der Waals surface area contributed by atoms with Crippen LogP contribution in [0.3, 0.4) is 0 Å². The van der Waals surface area contributed by atoms with Gasteiger partial charge in [-0.3, -0.25) is 4.79 Å². The van der Waals surface area contributed by atoms with Gasteiger partial charge in [-0.15, -0.1) is 0 Å². The molecular formula is C12H19N3O. The van der Waals surface area contributed by atoms with E-state index in [1.54, 1.807) is 13.8 Å². The van der Waals surface area contributed by atoms with Crippen molar-refractivity contribution in [2.24, 2.45) is 21.1 Å². The van der Waals surface area contributed by atoms with Crippen LogP contribution in [-0.2, 0) is 4.79 Å². The van der Waals surface area contributed by atoms with Gasteiger partial charge in [0.1, 0.15) is 5.78 Å². The Morgan fingerprint density at radius 1 is 1.25 bits per heavy atom. The fourth-order valence-electron chi connectivity index (χ4n) is 2.42. The highest BCUT2D eigenvalue weighted by Crippen LogP contribution is 2.52. The van der Waals surface area contributed by atoms with E-state index in [0.717, 1.165) is 0 Å². The summed E-state index contributed by atoms with van der Waals surface area (Å²) >= 11 is 0. The van der Waals surface area contributed by atoms with Crippen molar-refractivity contribution in [1.29, 1.82) is 5.26 Å². The molecule has 1 fully saturated rings. The first-order valence-corrected chi connectivity index (χ1v) is 5.44. The minimum atomic E-state index is -0.815. The summed E-state index contributed by atoms with van der Waals surface area (Å²) < 4.78 is 0. The quantitative estimate of drug-likeness (QED) is 0.673. The first kappa shape index (κ1) is 12.8. The second kappa shape index (κ2) is 3.38. The van der Waals surface area contributed by atoms with E-state index in [1.165, 1.54) is 0 Å². The van der Waals surface area contributed by atoms with Crippen LogP contribution in [0.5, 0.6) is 0 Å². The molecule has 0 N–H and O–H groups in total. The van der Waals surface area contributed by atoms with Gasteiger partial charge in [-0.05, 0) is 13.8 Å². The average molecular weight is 221 g/mol. The van der Waals surface area contributed by atoms with Gasteiger partial charge < -0.3 is 0 Å². The molecule has 4 heteroatoms. The number of nitriles is 1. The second-order valence-corrected chi connectivity index (χ2v) is 6.06. The summed E-state index contributed by atoms with van der Waals surface area (Å²) in [5.74, 6) is 0.207. The third-order valence-electron chi connectivity index (χ3n) is 3.23. The van der Waals surface area contributed by atoms with Crippen molar-refractivity contribution in [2.75, 3.05) is 0 Å². The fraction of sp³-hybridized carbons (Fsp3) is 0.833. The van der Waals surface area contributed by atoms with Crippen molar-refractivity contribution in [3.63, 3.8) is 0 Å². The Morgan fingerprint density at radius 3 is 2.06 bits per heavy atom. The minimum Gasteiger partial charge on any atom is -0.298 e. The molecule has 0 amide bonds. The lowest BCUT2D eigenvalue weighted by Crippen LogP contribution is -2.63. The van der Waals surface area contributed by atoms with Gasteiger partial charge in [-0.1, -0.05) is 27.7 Å². The smallest absolute Gasteiger partial charge is 0.161 e. The molecule has 0 aliphatic heterocycles. The van der Waals surface area contributed by atoms with Crippen LogP contribution in [0.4, 0.5) is 0 Å². The molecule has 0 bridgehead atoms. The Bertz CT molecular complexity index is 368. The Kier molecular flexibility index (Phi) is 2.71. The Hall–Kier alpha value is -1.24.